The molecular formula is C19H15F3N2O4. The molecule has 0 radical (unpaired) electrons. The Balaban J connectivity index is 1.76. The molecule has 2 aromatic rings. The second kappa shape index (κ2) is 9.41. The highest BCUT2D eigenvalue weighted by Gasteiger charge is 2.30. The third kappa shape index (κ3) is 6.64. The second-order valence-corrected chi connectivity index (χ2v) is 5.55. The Morgan fingerprint density at radius 1 is 1.07 bits per heavy atom. The number of carbonyl (C=O) groups excluding carboxylic acids is 2. The van der Waals surface area contributed by atoms with Crippen LogP contribution in [0.1, 0.15) is 11.1 Å². The van der Waals surface area contributed by atoms with Crippen molar-refractivity contribution in [2.75, 3.05) is 18.5 Å². The molecule has 6 nitrogen and oxygen atoms in total. The molecule has 1 N–H and O–H groups in total. The number of rotatable bonds is 7. The first-order valence-corrected chi connectivity index (χ1v) is 7.99. The number of amides is 1. The van der Waals surface area contributed by atoms with Crippen molar-refractivity contribution in [1.29, 1.82) is 5.26 Å². The van der Waals surface area contributed by atoms with E-state index in [1.54, 1.807) is 24.3 Å². The lowest BCUT2D eigenvalue weighted by Gasteiger charge is -2.10. The molecule has 0 bridgehead atoms. The average molecular weight is 392 g/mol. The summed E-state index contributed by atoms with van der Waals surface area (Å²) in [5, 5.41) is 11.1. The van der Waals surface area contributed by atoms with Gasteiger partial charge in [0.1, 0.15) is 5.75 Å². The highest BCUT2D eigenvalue weighted by atomic mass is 19.4. The van der Waals surface area contributed by atoms with Crippen LogP contribution in [0.15, 0.2) is 48.5 Å². The minimum Gasteiger partial charge on any atom is -0.482 e. The fourth-order valence-corrected chi connectivity index (χ4v) is 2.09. The van der Waals surface area contributed by atoms with E-state index in [2.05, 4.69) is 5.32 Å². The van der Waals surface area contributed by atoms with Gasteiger partial charge in [0.15, 0.2) is 13.2 Å². The summed E-state index contributed by atoms with van der Waals surface area (Å²) < 4.78 is 47.5. The molecule has 0 aliphatic heterocycles. The van der Waals surface area contributed by atoms with Crippen LogP contribution in [0.25, 0.3) is 0 Å². The monoisotopic (exact) mass is 392 g/mol. The maximum atomic E-state index is 12.6. The molecule has 1 amide bonds. The molecular weight excluding hydrogens is 377 g/mol. The number of anilines is 1. The third-order valence-corrected chi connectivity index (χ3v) is 3.40. The van der Waals surface area contributed by atoms with Crippen molar-refractivity contribution in [3.05, 3.63) is 59.7 Å². The van der Waals surface area contributed by atoms with Crippen molar-refractivity contribution in [1.82, 2.24) is 0 Å². The van der Waals surface area contributed by atoms with E-state index < -0.39 is 36.8 Å². The van der Waals surface area contributed by atoms with Gasteiger partial charge >= 0.3 is 12.1 Å². The lowest BCUT2D eigenvalue weighted by atomic mass is 10.1. The molecule has 0 heterocycles. The zero-order valence-corrected chi connectivity index (χ0v) is 14.5. The first-order valence-electron chi connectivity index (χ1n) is 7.99. The predicted octanol–water partition coefficient (Wildman–Crippen LogP) is 3.33. The number of halogens is 3. The fourth-order valence-electron chi connectivity index (χ4n) is 2.09. The SMILES string of the molecule is N#CCc1ccc(NC(=O)COC(=O)COc2cccc(C(F)(F)F)c2)cc1. The molecule has 0 aliphatic carbocycles. The van der Waals surface area contributed by atoms with Crippen LogP contribution in [-0.4, -0.2) is 25.1 Å². The van der Waals surface area contributed by atoms with E-state index in [4.69, 9.17) is 14.7 Å². The van der Waals surface area contributed by atoms with Crippen molar-refractivity contribution in [2.45, 2.75) is 12.6 Å². The Bertz CT molecular complexity index is 874. The highest BCUT2D eigenvalue weighted by molar-refractivity contribution is 5.92. The lowest BCUT2D eigenvalue weighted by Crippen LogP contribution is -2.23. The molecule has 0 atom stereocenters. The van der Waals surface area contributed by atoms with E-state index in [9.17, 15) is 22.8 Å². The first kappa shape index (κ1) is 20.8. The number of nitrogens with zero attached hydrogens (tertiary/aromatic N) is 1. The number of esters is 1. The van der Waals surface area contributed by atoms with Crippen molar-refractivity contribution >= 4 is 17.6 Å². The van der Waals surface area contributed by atoms with Crippen molar-refractivity contribution in [3.8, 4) is 11.8 Å². The highest BCUT2D eigenvalue weighted by Crippen LogP contribution is 2.31. The summed E-state index contributed by atoms with van der Waals surface area (Å²) in [6.45, 7) is -1.22. The van der Waals surface area contributed by atoms with Crippen LogP contribution in [0.3, 0.4) is 0 Å². The molecule has 0 aromatic heterocycles. The fraction of sp³-hybridized carbons (Fsp3) is 0.211. The summed E-state index contributed by atoms with van der Waals surface area (Å²) in [6.07, 6.45) is -4.28. The van der Waals surface area contributed by atoms with Gasteiger partial charge in [-0.15, -0.1) is 0 Å². The molecule has 2 rings (SSSR count). The standard InChI is InChI=1S/C19H15F3N2O4/c20-19(21,22)14-2-1-3-16(10-14)27-12-18(26)28-11-17(25)24-15-6-4-13(5-7-15)8-9-23/h1-7,10H,8,11-12H2,(H,24,25). The molecule has 0 saturated heterocycles. The topological polar surface area (TPSA) is 88.4 Å². The number of hydrogen-bond acceptors (Lipinski definition) is 5. The van der Waals surface area contributed by atoms with Crippen LogP contribution in [0.2, 0.25) is 0 Å². The molecule has 0 spiro atoms. The van der Waals surface area contributed by atoms with Gasteiger partial charge in [-0.05, 0) is 35.9 Å². The Morgan fingerprint density at radius 3 is 2.43 bits per heavy atom. The normalized spacial score (nSPS) is 10.6. The predicted molar refractivity (Wildman–Crippen MR) is 92.3 cm³/mol. The number of benzene rings is 2. The van der Waals surface area contributed by atoms with E-state index in [1.165, 1.54) is 6.07 Å². The summed E-state index contributed by atoms with van der Waals surface area (Å²) in [5.74, 6) is -1.65. The second-order valence-electron chi connectivity index (χ2n) is 5.55. The minimum absolute atomic E-state index is 0.145. The molecule has 146 valence electrons. The van der Waals surface area contributed by atoms with Crippen LogP contribution in [0.4, 0.5) is 18.9 Å². The van der Waals surface area contributed by atoms with Gasteiger partial charge in [0, 0.05) is 5.69 Å². The average Bonchev–Trinajstić information content (AvgIpc) is 2.66. The largest absolute Gasteiger partial charge is 0.482 e. The Labute approximate surface area is 158 Å². The van der Waals surface area contributed by atoms with E-state index in [0.717, 1.165) is 23.8 Å². The lowest BCUT2D eigenvalue weighted by molar-refractivity contribution is -0.149. The van der Waals surface area contributed by atoms with E-state index >= 15 is 0 Å². The molecule has 28 heavy (non-hydrogen) atoms. The summed E-state index contributed by atoms with van der Waals surface area (Å²) in [6, 6.07) is 12.6. The number of alkyl halides is 3. The number of nitriles is 1. The zero-order chi connectivity index (χ0) is 20.6. The van der Waals surface area contributed by atoms with Gasteiger partial charge in [-0.25, -0.2) is 4.79 Å². The van der Waals surface area contributed by atoms with Crippen LogP contribution < -0.4 is 10.1 Å². The molecule has 2 aromatic carbocycles. The van der Waals surface area contributed by atoms with Gasteiger partial charge in [0.25, 0.3) is 5.91 Å². The van der Waals surface area contributed by atoms with Crippen LogP contribution in [-0.2, 0) is 26.9 Å². The van der Waals surface area contributed by atoms with Crippen molar-refractivity contribution < 1.29 is 32.2 Å². The van der Waals surface area contributed by atoms with Gasteiger partial charge < -0.3 is 14.8 Å². The van der Waals surface area contributed by atoms with Gasteiger partial charge in [-0.1, -0.05) is 18.2 Å². The Morgan fingerprint density at radius 2 is 1.79 bits per heavy atom. The molecule has 0 aliphatic rings. The van der Waals surface area contributed by atoms with Gasteiger partial charge in [-0.3, -0.25) is 4.79 Å². The maximum Gasteiger partial charge on any atom is 0.416 e. The smallest absolute Gasteiger partial charge is 0.416 e. The first-order chi connectivity index (χ1) is 13.3. The summed E-state index contributed by atoms with van der Waals surface area (Å²) >= 11 is 0. The van der Waals surface area contributed by atoms with E-state index in [-0.39, 0.29) is 12.2 Å². The minimum atomic E-state index is -4.52. The molecule has 0 saturated carbocycles. The quantitative estimate of drug-likeness (QED) is 0.731. The molecule has 0 unspecified atom stereocenters. The molecule has 9 heteroatoms. The Hall–Kier alpha value is -3.54. The van der Waals surface area contributed by atoms with Gasteiger partial charge in [-0.2, -0.15) is 18.4 Å². The molecule has 0 fully saturated rings. The number of hydrogen-bond donors (Lipinski definition) is 1. The van der Waals surface area contributed by atoms with Crippen LogP contribution in [0.5, 0.6) is 5.75 Å². The van der Waals surface area contributed by atoms with Crippen LogP contribution >= 0.6 is 0 Å². The summed E-state index contributed by atoms with van der Waals surface area (Å²) in [7, 11) is 0. The van der Waals surface area contributed by atoms with Gasteiger partial charge in [0.2, 0.25) is 0 Å². The number of nitrogens with one attached hydrogen (secondary N) is 1. The van der Waals surface area contributed by atoms with Gasteiger partial charge in [0.05, 0.1) is 18.1 Å². The number of ether oxygens (including phenoxy) is 2. The summed E-state index contributed by atoms with van der Waals surface area (Å²) in [5.41, 5.74) is 0.347. The van der Waals surface area contributed by atoms with Crippen LogP contribution in [0, 0.1) is 11.3 Å². The van der Waals surface area contributed by atoms with E-state index in [1.807, 2.05) is 6.07 Å². The summed E-state index contributed by atoms with van der Waals surface area (Å²) in [4.78, 5) is 23.3. The zero-order valence-electron chi connectivity index (χ0n) is 14.5. The Kier molecular flexibility index (Phi) is 6.98. The van der Waals surface area contributed by atoms with Crippen molar-refractivity contribution in [3.63, 3.8) is 0 Å². The maximum absolute atomic E-state index is 12.6. The van der Waals surface area contributed by atoms with Crippen molar-refractivity contribution in [2.24, 2.45) is 0 Å². The third-order valence-electron chi connectivity index (χ3n) is 3.40. The van der Waals surface area contributed by atoms with E-state index in [0.29, 0.717) is 5.69 Å². The number of carbonyl (C=O) groups is 2.